The third kappa shape index (κ3) is 4.12. The van der Waals surface area contributed by atoms with Gasteiger partial charge in [-0.15, -0.1) is 0 Å². The van der Waals surface area contributed by atoms with Crippen LogP contribution >= 0.6 is 23.2 Å². The SMILES string of the molecule is CN(CCOc1ccccc1F)C(=O)c1ccc(Cl)cc1Cl. The van der Waals surface area contributed by atoms with Crippen molar-refractivity contribution in [3.63, 3.8) is 0 Å². The number of amides is 1. The molecule has 0 fully saturated rings. The Morgan fingerprint density at radius 1 is 1.23 bits per heavy atom. The Kier molecular flexibility index (Phi) is 5.63. The molecule has 0 saturated heterocycles. The second kappa shape index (κ2) is 7.47. The Morgan fingerprint density at radius 2 is 1.95 bits per heavy atom. The highest BCUT2D eigenvalue weighted by Gasteiger charge is 2.15. The summed E-state index contributed by atoms with van der Waals surface area (Å²) in [6.45, 7) is 0.473. The number of para-hydroxylation sites is 1. The first-order chi connectivity index (χ1) is 10.5. The van der Waals surface area contributed by atoms with Gasteiger partial charge in [-0.25, -0.2) is 4.39 Å². The van der Waals surface area contributed by atoms with E-state index in [9.17, 15) is 9.18 Å². The van der Waals surface area contributed by atoms with Crippen LogP contribution in [0.5, 0.6) is 5.75 Å². The average Bonchev–Trinajstić information content (AvgIpc) is 2.48. The summed E-state index contributed by atoms with van der Waals surface area (Å²) in [5.41, 5.74) is 0.361. The van der Waals surface area contributed by atoms with Crippen LogP contribution < -0.4 is 4.74 Å². The molecule has 2 aromatic carbocycles. The maximum absolute atomic E-state index is 13.4. The zero-order valence-corrected chi connectivity index (χ0v) is 13.4. The number of halogens is 3. The molecule has 116 valence electrons. The Morgan fingerprint density at radius 3 is 2.64 bits per heavy atom. The van der Waals surface area contributed by atoms with Gasteiger partial charge in [0.15, 0.2) is 11.6 Å². The molecule has 0 aliphatic heterocycles. The molecule has 3 nitrogen and oxygen atoms in total. The number of hydrogen-bond acceptors (Lipinski definition) is 2. The van der Waals surface area contributed by atoms with Crippen molar-refractivity contribution < 1.29 is 13.9 Å². The van der Waals surface area contributed by atoms with Crippen molar-refractivity contribution in [2.75, 3.05) is 20.2 Å². The molecule has 0 radical (unpaired) electrons. The standard InChI is InChI=1S/C16H14Cl2FNO2/c1-20(8-9-22-15-5-3-2-4-14(15)19)16(21)12-7-6-11(17)10-13(12)18/h2-7,10H,8-9H2,1H3. The largest absolute Gasteiger partial charge is 0.489 e. The van der Waals surface area contributed by atoms with E-state index < -0.39 is 5.82 Å². The van der Waals surface area contributed by atoms with Gasteiger partial charge in [0.2, 0.25) is 0 Å². The molecule has 2 aromatic rings. The normalized spacial score (nSPS) is 10.4. The smallest absolute Gasteiger partial charge is 0.255 e. The van der Waals surface area contributed by atoms with E-state index in [1.165, 1.54) is 23.1 Å². The first-order valence-corrected chi connectivity index (χ1v) is 7.32. The van der Waals surface area contributed by atoms with Crippen LogP contribution in [-0.2, 0) is 0 Å². The molecular weight excluding hydrogens is 328 g/mol. The molecule has 0 heterocycles. The van der Waals surface area contributed by atoms with E-state index in [4.69, 9.17) is 27.9 Å². The molecule has 0 aliphatic rings. The molecular formula is C16H14Cl2FNO2. The second-order valence-corrected chi connectivity index (χ2v) is 5.47. The summed E-state index contributed by atoms with van der Waals surface area (Å²) >= 11 is 11.8. The van der Waals surface area contributed by atoms with E-state index in [1.807, 2.05) is 0 Å². The molecule has 6 heteroatoms. The minimum atomic E-state index is -0.433. The Bertz CT molecular complexity index is 679. The molecule has 2 rings (SSSR count). The van der Waals surface area contributed by atoms with Gasteiger partial charge in [-0.05, 0) is 30.3 Å². The molecule has 0 aromatic heterocycles. The fourth-order valence-corrected chi connectivity index (χ4v) is 2.31. The van der Waals surface area contributed by atoms with E-state index >= 15 is 0 Å². The topological polar surface area (TPSA) is 29.5 Å². The lowest BCUT2D eigenvalue weighted by Gasteiger charge is -2.18. The van der Waals surface area contributed by atoms with E-state index in [0.717, 1.165) is 0 Å². The van der Waals surface area contributed by atoms with Gasteiger partial charge < -0.3 is 9.64 Å². The number of hydrogen-bond donors (Lipinski definition) is 0. The van der Waals surface area contributed by atoms with Crippen LogP contribution in [0.1, 0.15) is 10.4 Å². The molecule has 0 N–H and O–H groups in total. The van der Waals surface area contributed by atoms with Gasteiger partial charge in [-0.1, -0.05) is 35.3 Å². The molecule has 0 atom stereocenters. The first-order valence-electron chi connectivity index (χ1n) is 6.57. The van der Waals surface area contributed by atoms with Gasteiger partial charge in [0.25, 0.3) is 5.91 Å². The third-order valence-electron chi connectivity index (χ3n) is 3.03. The average molecular weight is 342 g/mol. The lowest BCUT2D eigenvalue weighted by atomic mass is 10.2. The highest BCUT2D eigenvalue weighted by Crippen LogP contribution is 2.22. The lowest BCUT2D eigenvalue weighted by molar-refractivity contribution is 0.0773. The highest BCUT2D eigenvalue weighted by atomic mass is 35.5. The molecule has 22 heavy (non-hydrogen) atoms. The van der Waals surface area contributed by atoms with E-state index in [1.54, 1.807) is 31.3 Å². The van der Waals surface area contributed by atoms with Crippen molar-refractivity contribution in [3.05, 3.63) is 63.9 Å². The number of carbonyl (C=O) groups is 1. The second-order valence-electron chi connectivity index (χ2n) is 4.63. The van der Waals surface area contributed by atoms with E-state index in [2.05, 4.69) is 0 Å². The predicted molar refractivity (Wildman–Crippen MR) is 85.3 cm³/mol. The van der Waals surface area contributed by atoms with E-state index in [-0.39, 0.29) is 18.3 Å². The number of likely N-dealkylation sites (N-methyl/N-ethyl adjacent to an activating group) is 1. The molecule has 0 spiro atoms. The van der Waals surface area contributed by atoms with Crippen LogP contribution in [0, 0.1) is 5.82 Å². The number of benzene rings is 2. The summed E-state index contributed by atoms with van der Waals surface area (Å²) < 4.78 is 18.7. The molecule has 0 bridgehead atoms. The third-order valence-corrected chi connectivity index (χ3v) is 3.58. The number of ether oxygens (including phenoxy) is 1. The molecule has 0 saturated carbocycles. The minimum absolute atomic E-state index is 0.160. The van der Waals surface area contributed by atoms with Gasteiger partial charge in [-0.2, -0.15) is 0 Å². The molecule has 0 aliphatic carbocycles. The Hall–Kier alpha value is -1.78. The molecule has 0 unspecified atom stereocenters. The van der Waals surface area contributed by atoms with Gasteiger partial charge in [0.1, 0.15) is 6.61 Å². The summed E-state index contributed by atoms with van der Waals surface area (Å²) in [6, 6.07) is 10.8. The van der Waals surface area contributed by atoms with Crippen LogP contribution in [0.15, 0.2) is 42.5 Å². The fraction of sp³-hybridized carbons (Fsp3) is 0.188. The maximum Gasteiger partial charge on any atom is 0.255 e. The quantitative estimate of drug-likeness (QED) is 0.812. The predicted octanol–water partition coefficient (Wildman–Crippen LogP) is 4.28. The zero-order chi connectivity index (χ0) is 16.1. The van der Waals surface area contributed by atoms with Crippen LogP contribution in [0.2, 0.25) is 10.0 Å². The van der Waals surface area contributed by atoms with Gasteiger partial charge in [0, 0.05) is 12.1 Å². The van der Waals surface area contributed by atoms with E-state index in [0.29, 0.717) is 22.2 Å². The number of rotatable bonds is 5. The lowest BCUT2D eigenvalue weighted by Crippen LogP contribution is -2.31. The van der Waals surface area contributed by atoms with Gasteiger partial charge in [-0.3, -0.25) is 4.79 Å². The summed E-state index contributed by atoms with van der Waals surface area (Å²) in [6.07, 6.45) is 0. The minimum Gasteiger partial charge on any atom is -0.489 e. The van der Waals surface area contributed by atoms with Crippen molar-refractivity contribution in [2.24, 2.45) is 0 Å². The zero-order valence-electron chi connectivity index (χ0n) is 11.9. The van der Waals surface area contributed by atoms with Crippen LogP contribution in [0.3, 0.4) is 0 Å². The van der Waals surface area contributed by atoms with Crippen molar-refractivity contribution in [3.8, 4) is 5.75 Å². The van der Waals surface area contributed by atoms with Gasteiger partial charge >= 0.3 is 0 Å². The highest BCUT2D eigenvalue weighted by molar-refractivity contribution is 6.36. The maximum atomic E-state index is 13.4. The Labute approximate surface area is 138 Å². The van der Waals surface area contributed by atoms with Crippen LogP contribution in [-0.4, -0.2) is 31.0 Å². The van der Waals surface area contributed by atoms with Crippen molar-refractivity contribution in [1.82, 2.24) is 4.90 Å². The van der Waals surface area contributed by atoms with Crippen LogP contribution in [0.25, 0.3) is 0 Å². The van der Waals surface area contributed by atoms with Gasteiger partial charge in [0.05, 0.1) is 17.1 Å². The van der Waals surface area contributed by atoms with Crippen molar-refractivity contribution in [1.29, 1.82) is 0 Å². The Balaban J connectivity index is 1.93. The molecule has 1 amide bonds. The summed E-state index contributed by atoms with van der Waals surface area (Å²) in [5.74, 6) is -0.524. The van der Waals surface area contributed by atoms with Crippen molar-refractivity contribution in [2.45, 2.75) is 0 Å². The monoisotopic (exact) mass is 341 g/mol. The van der Waals surface area contributed by atoms with Crippen LogP contribution in [0.4, 0.5) is 4.39 Å². The number of carbonyl (C=O) groups excluding carboxylic acids is 1. The summed E-state index contributed by atoms with van der Waals surface area (Å²) in [5, 5.41) is 0.756. The van der Waals surface area contributed by atoms with Crippen molar-refractivity contribution >= 4 is 29.1 Å². The number of nitrogens with zero attached hydrogens (tertiary/aromatic N) is 1. The first kappa shape index (κ1) is 16.6. The fourth-order valence-electron chi connectivity index (χ4n) is 1.82. The summed E-state index contributed by atoms with van der Waals surface area (Å²) in [4.78, 5) is 13.7. The summed E-state index contributed by atoms with van der Waals surface area (Å²) in [7, 11) is 1.62.